The van der Waals surface area contributed by atoms with E-state index in [1.54, 1.807) is 0 Å². The Morgan fingerprint density at radius 2 is 2.16 bits per heavy atom. The molecule has 1 heterocycles. The fraction of sp³-hybridized carbons (Fsp3) is 0.833. The highest BCUT2D eigenvalue weighted by atomic mass is 35.5. The van der Waals surface area contributed by atoms with E-state index in [1.807, 2.05) is 6.92 Å². The van der Waals surface area contributed by atoms with E-state index in [9.17, 15) is 9.59 Å². The highest BCUT2D eigenvalue weighted by molar-refractivity contribution is 5.95. The highest BCUT2D eigenvalue weighted by Gasteiger charge is 2.21. The minimum atomic E-state index is -0.419. The largest absolute Gasteiger partial charge is 0.338 e. The number of hydrogen-bond donors (Lipinski definition) is 3. The number of carbonyl (C=O) groups is 2. The molecule has 0 aromatic heterocycles. The summed E-state index contributed by atoms with van der Waals surface area (Å²) in [5.41, 5.74) is 5.55. The van der Waals surface area contributed by atoms with Crippen molar-refractivity contribution in [2.45, 2.75) is 26.2 Å². The van der Waals surface area contributed by atoms with Gasteiger partial charge < -0.3 is 11.1 Å². The van der Waals surface area contributed by atoms with Crippen LogP contribution in [0.25, 0.3) is 0 Å². The number of carbonyl (C=O) groups excluding carboxylic acids is 2. The van der Waals surface area contributed by atoms with E-state index in [1.165, 1.54) is 6.42 Å². The Kier molecular flexibility index (Phi) is 9.55. The van der Waals surface area contributed by atoms with Gasteiger partial charge in [-0.15, -0.1) is 12.4 Å². The van der Waals surface area contributed by atoms with Gasteiger partial charge in [-0.2, -0.15) is 0 Å². The summed E-state index contributed by atoms with van der Waals surface area (Å²) >= 11 is 0. The van der Waals surface area contributed by atoms with Crippen molar-refractivity contribution < 1.29 is 9.59 Å². The molecule has 4 N–H and O–H groups in total. The van der Waals surface area contributed by atoms with Gasteiger partial charge in [0.05, 0.1) is 6.54 Å². The van der Waals surface area contributed by atoms with Gasteiger partial charge in [0.2, 0.25) is 5.91 Å². The van der Waals surface area contributed by atoms with Gasteiger partial charge in [0.15, 0.2) is 0 Å². The van der Waals surface area contributed by atoms with Crippen molar-refractivity contribution in [3.63, 3.8) is 0 Å². The van der Waals surface area contributed by atoms with E-state index < -0.39 is 6.03 Å². The lowest BCUT2D eigenvalue weighted by Crippen LogP contribution is -2.46. The number of piperidine rings is 1. The molecular formula is C12H25ClN4O2. The summed E-state index contributed by atoms with van der Waals surface area (Å²) in [6.07, 6.45) is 3.29. The fourth-order valence-electron chi connectivity index (χ4n) is 2.34. The number of likely N-dealkylation sites (tertiary alicyclic amines) is 1. The first-order valence-electron chi connectivity index (χ1n) is 6.65. The third kappa shape index (κ3) is 7.34. The van der Waals surface area contributed by atoms with Crippen LogP contribution in [-0.4, -0.2) is 49.6 Å². The van der Waals surface area contributed by atoms with Crippen LogP contribution in [0, 0.1) is 5.92 Å². The van der Waals surface area contributed by atoms with Crippen molar-refractivity contribution in [2.24, 2.45) is 11.7 Å². The van der Waals surface area contributed by atoms with Crippen LogP contribution >= 0.6 is 12.4 Å². The van der Waals surface area contributed by atoms with Crippen LogP contribution in [0.1, 0.15) is 26.2 Å². The zero-order valence-electron chi connectivity index (χ0n) is 11.5. The Bertz CT molecular complexity index is 287. The zero-order valence-corrected chi connectivity index (χ0v) is 12.3. The fourth-order valence-corrected chi connectivity index (χ4v) is 2.34. The molecule has 3 amide bonds. The molecule has 0 aromatic rings. The molecule has 1 aliphatic heterocycles. The number of halogens is 1. The van der Waals surface area contributed by atoms with E-state index in [4.69, 9.17) is 5.73 Å². The molecule has 112 valence electrons. The summed E-state index contributed by atoms with van der Waals surface area (Å²) in [5, 5.41) is 4.86. The average Bonchev–Trinajstić information content (AvgIpc) is 2.29. The second-order valence-corrected chi connectivity index (χ2v) is 4.73. The van der Waals surface area contributed by atoms with E-state index >= 15 is 0 Å². The van der Waals surface area contributed by atoms with Crippen molar-refractivity contribution in [2.75, 3.05) is 32.7 Å². The zero-order chi connectivity index (χ0) is 13.4. The van der Waals surface area contributed by atoms with Crippen LogP contribution in [-0.2, 0) is 4.79 Å². The lowest BCUT2D eigenvalue weighted by molar-refractivity contribution is -0.121. The maximum absolute atomic E-state index is 11.6. The van der Waals surface area contributed by atoms with Gasteiger partial charge in [-0.05, 0) is 45.2 Å². The van der Waals surface area contributed by atoms with E-state index in [0.717, 1.165) is 25.9 Å². The number of urea groups is 1. The monoisotopic (exact) mass is 292 g/mol. The summed E-state index contributed by atoms with van der Waals surface area (Å²) in [4.78, 5) is 24.9. The summed E-state index contributed by atoms with van der Waals surface area (Å²) in [6.45, 7) is 5.14. The SMILES string of the molecule is CCNC(=O)NC(=O)CN1CCCC(CCN)C1.Cl. The molecule has 7 heteroatoms. The number of rotatable bonds is 5. The van der Waals surface area contributed by atoms with Gasteiger partial charge in [0.25, 0.3) is 0 Å². The number of nitrogens with one attached hydrogen (secondary N) is 2. The van der Waals surface area contributed by atoms with Gasteiger partial charge in [0.1, 0.15) is 0 Å². The van der Waals surface area contributed by atoms with Crippen LogP contribution in [0.15, 0.2) is 0 Å². The number of amides is 3. The average molecular weight is 293 g/mol. The standard InChI is InChI=1S/C12H24N4O2.ClH/c1-2-14-12(18)15-11(17)9-16-7-3-4-10(8-16)5-6-13;/h10H,2-9,13H2,1H3,(H2,14,15,17,18);1H. The minimum absolute atomic E-state index is 0. The molecule has 1 fully saturated rings. The number of nitrogens with zero attached hydrogens (tertiary/aromatic N) is 1. The molecule has 1 saturated heterocycles. The molecule has 0 aromatic carbocycles. The van der Waals surface area contributed by atoms with Crippen LogP contribution in [0.2, 0.25) is 0 Å². The number of hydrogen-bond acceptors (Lipinski definition) is 4. The quantitative estimate of drug-likeness (QED) is 0.681. The van der Waals surface area contributed by atoms with E-state index in [0.29, 0.717) is 19.0 Å². The third-order valence-corrected chi connectivity index (χ3v) is 3.14. The van der Waals surface area contributed by atoms with Gasteiger partial charge in [-0.25, -0.2) is 4.79 Å². The Labute approximate surface area is 120 Å². The molecule has 1 aliphatic rings. The summed E-state index contributed by atoms with van der Waals surface area (Å²) in [6, 6.07) is -0.419. The molecule has 0 saturated carbocycles. The Morgan fingerprint density at radius 1 is 1.42 bits per heavy atom. The van der Waals surface area contributed by atoms with Crippen LogP contribution in [0.4, 0.5) is 4.79 Å². The molecule has 1 rings (SSSR count). The highest BCUT2D eigenvalue weighted by Crippen LogP contribution is 2.18. The molecule has 0 spiro atoms. The van der Waals surface area contributed by atoms with Crippen molar-refractivity contribution in [3.8, 4) is 0 Å². The van der Waals surface area contributed by atoms with Crippen molar-refractivity contribution >= 4 is 24.3 Å². The van der Waals surface area contributed by atoms with Crippen molar-refractivity contribution in [3.05, 3.63) is 0 Å². The van der Waals surface area contributed by atoms with Crippen LogP contribution in [0.5, 0.6) is 0 Å². The Balaban J connectivity index is 0.00000324. The van der Waals surface area contributed by atoms with E-state index in [2.05, 4.69) is 15.5 Å². The number of imide groups is 1. The summed E-state index contributed by atoms with van der Waals surface area (Å²) < 4.78 is 0. The van der Waals surface area contributed by atoms with E-state index in [-0.39, 0.29) is 24.9 Å². The Morgan fingerprint density at radius 3 is 2.79 bits per heavy atom. The molecular weight excluding hydrogens is 268 g/mol. The summed E-state index contributed by atoms with van der Waals surface area (Å²) in [5.74, 6) is 0.343. The molecule has 6 nitrogen and oxygen atoms in total. The smallest absolute Gasteiger partial charge is 0.321 e. The topological polar surface area (TPSA) is 87.5 Å². The normalized spacial score (nSPS) is 19.4. The van der Waals surface area contributed by atoms with Crippen LogP contribution < -0.4 is 16.4 Å². The second kappa shape index (κ2) is 10.00. The molecule has 1 unspecified atom stereocenters. The van der Waals surface area contributed by atoms with Crippen LogP contribution in [0.3, 0.4) is 0 Å². The van der Waals surface area contributed by atoms with Gasteiger partial charge in [0, 0.05) is 13.1 Å². The van der Waals surface area contributed by atoms with Gasteiger partial charge in [-0.1, -0.05) is 0 Å². The molecule has 0 aliphatic carbocycles. The third-order valence-electron chi connectivity index (χ3n) is 3.14. The predicted octanol–water partition coefficient (Wildman–Crippen LogP) is 0.315. The van der Waals surface area contributed by atoms with Gasteiger partial charge >= 0.3 is 6.03 Å². The number of nitrogens with two attached hydrogens (primary N) is 1. The maximum atomic E-state index is 11.6. The minimum Gasteiger partial charge on any atom is -0.338 e. The Hall–Kier alpha value is -0.850. The van der Waals surface area contributed by atoms with Crippen molar-refractivity contribution in [1.82, 2.24) is 15.5 Å². The maximum Gasteiger partial charge on any atom is 0.321 e. The molecule has 0 bridgehead atoms. The first kappa shape index (κ1) is 18.1. The molecule has 19 heavy (non-hydrogen) atoms. The van der Waals surface area contributed by atoms with Gasteiger partial charge in [-0.3, -0.25) is 15.0 Å². The lowest BCUT2D eigenvalue weighted by atomic mass is 9.95. The lowest BCUT2D eigenvalue weighted by Gasteiger charge is -2.31. The predicted molar refractivity (Wildman–Crippen MR) is 77.3 cm³/mol. The first-order chi connectivity index (χ1) is 8.65. The van der Waals surface area contributed by atoms with Crippen molar-refractivity contribution in [1.29, 1.82) is 0 Å². The summed E-state index contributed by atoms with van der Waals surface area (Å²) in [7, 11) is 0. The molecule has 1 atom stereocenters. The second-order valence-electron chi connectivity index (χ2n) is 4.73. The molecule has 0 radical (unpaired) electrons. The first-order valence-corrected chi connectivity index (χ1v) is 6.65.